The van der Waals surface area contributed by atoms with Crippen LogP contribution in [-0.2, 0) is 4.79 Å². The van der Waals surface area contributed by atoms with Crippen LogP contribution < -0.4 is 5.32 Å². The molecule has 1 heterocycles. The minimum atomic E-state index is -0.892. The Labute approximate surface area is 128 Å². The zero-order valence-corrected chi connectivity index (χ0v) is 12.6. The third-order valence-electron chi connectivity index (χ3n) is 3.52. The Balaban J connectivity index is 2.72. The lowest BCUT2D eigenvalue weighted by molar-refractivity contribution is 0.565. The second-order valence-corrected chi connectivity index (χ2v) is 5.64. The van der Waals surface area contributed by atoms with E-state index in [0.29, 0.717) is 22.4 Å². The van der Waals surface area contributed by atoms with Crippen LogP contribution in [0.2, 0.25) is 0 Å². The quantitative estimate of drug-likeness (QED) is 0.683. The number of hydrogen-bond donors (Lipinski definition) is 1. The molecule has 0 radical (unpaired) electrons. The van der Waals surface area contributed by atoms with Gasteiger partial charge >= 0.3 is 0 Å². The Bertz CT molecular complexity index is 752. The molecule has 1 aromatic carbocycles. The number of benzene rings is 1. The van der Waals surface area contributed by atoms with Crippen LogP contribution in [0.5, 0.6) is 0 Å². The lowest BCUT2D eigenvalue weighted by atomic mass is 9.89. The number of halogens is 1. The van der Waals surface area contributed by atoms with Gasteiger partial charge in [0.1, 0.15) is 11.4 Å². The van der Waals surface area contributed by atoms with Crippen molar-refractivity contribution in [1.82, 2.24) is 5.32 Å². The summed E-state index contributed by atoms with van der Waals surface area (Å²) < 4.78 is 14.0. The van der Waals surface area contributed by atoms with E-state index >= 15 is 0 Å². The van der Waals surface area contributed by atoms with Crippen molar-refractivity contribution in [3.05, 3.63) is 47.4 Å². The van der Waals surface area contributed by atoms with Crippen molar-refractivity contribution in [2.24, 2.45) is 4.99 Å². The molecule has 22 heavy (non-hydrogen) atoms. The summed E-state index contributed by atoms with van der Waals surface area (Å²) in [6.07, 6.45) is 6.58. The average Bonchev–Trinajstić information content (AvgIpc) is 2.48. The van der Waals surface area contributed by atoms with E-state index in [1.165, 1.54) is 18.2 Å². The standard InChI is InChI=1S/C17H16FN3O/c1-11(2)14-6-13(18)7-15(16(14)20-10-22)12-4-5-21-17(3,8-12)9-19/h4-8,11,21H,1-3H3. The van der Waals surface area contributed by atoms with Crippen molar-refractivity contribution in [3.8, 4) is 6.07 Å². The van der Waals surface area contributed by atoms with Crippen LogP contribution in [0.15, 0.2) is 35.5 Å². The highest BCUT2D eigenvalue weighted by molar-refractivity contribution is 5.85. The number of allylic oxidation sites excluding steroid dienone is 2. The normalized spacial score (nSPS) is 19.9. The Morgan fingerprint density at radius 2 is 2.14 bits per heavy atom. The Hall–Kier alpha value is -2.70. The van der Waals surface area contributed by atoms with E-state index in [0.717, 1.165) is 0 Å². The van der Waals surface area contributed by atoms with Crippen LogP contribution in [0.3, 0.4) is 0 Å². The molecule has 0 spiro atoms. The third kappa shape index (κ3) is 2.98. The van der Waals surface area contributed by atoms with Gasteiger partial charge < -0.3 is 5.32 Å². The van der Waals surface area contributed by atoms with Crippen LogP contribution in [0.4, 0.5) is 10.1 Å². The molecular weight excluding hydrogens is 281 g/mol. The van der Waals surface area contributed by atoms with Gasteiger partial charge in [0.2, 0.25) is 6.08 Å². The number of rotatable bonds is 3. The van der Waals surface area contributed by atoms with Crippen molar-refractivity contribution in [3.63, 3.8) is 0 Å². The summed E-state index contributed by atoms with van der Waals surface area (Å²) >= 11 is 0. The topological polar surface area (TPSA) is 65.2 Å². The number of nitrogens with one attached hydrogen (secondary N) is 1. The van der Waals surface area contributed by atoms with Crippen LogP contribution in [0.1, 0.15) is 37.8 Å². The minimum absolute atomic E-state index is 0.00445. The van der Waals surface area contributed by atoms with E-state index in [9.17, 15) is 14.4 Å². The molecule has 0 amide bonds. The number of nitriles is 1. The second-order valence-electron chi connectivity index (χ2n) is 5.64. The van der Waals surface area contributed by atoms with Crippen LogP contribution in [0.25, 0.3) is 5.57 Å². The molecule has 1 unspecified atom stereocenters. The van der Waals surface area contributed by atoms with Crippen molar-refractivity contribution < 1.29 is 9.18 Å². The largest absolute Gasteiger partial charge is 0.370 e. The Morgan fingerprint density at radius 3 is 2.73 bits per heavy atom. The van der Waals surface area contributed by atoms with Gasteiger partial charge in [-0.15, -0.1) is 0 Å². The molecule has 0 aliphatic carbocycles. The van der Waals surface area contributed by atoms with Crippen molar-refractivity contribution in [2.75, 3.05) is 0 Å². The predicted molar refractivity (Wildman–Crippen MR) is 82.5 cm³/mol. The van der Waals surface area contributed by atoms with E-state index in [4.69, 9.17) is 0 Å². The molecule has 4 nitrogen and oxygen atoms in total. The van der Waals surface area contributed by atoms with Gasteiger partial charge in [-0.25, -0.2) is 9.18 Å². The summed E-state index contributed by atoms with van der Waals surface area (Å²) in [6.45, 7) is 5.50. The van der Waals surface area contributed by atoms with E-state index in [1.807, 2.05) is 13.8 Å². The number of aliphatic imine (C=N–C) groups is 1. The summed E-state index contributed by atoms with van der Waals surface area (Å²) in [6, 6.07) is 4.84. The molecule has 0 fully saturated rings. The van der Waals surface area contributed by atoms with Crippen molar-refractivity contribution in [1.29, 1.82) is 5.26 Å². The van der Waals surface area contributed by atoms with E-state index in [1.54, 1.807) is 25.3 Å². The number of isocyanates is 1. The molecule has 1 aliphatic heterocycles. The molecule has 1 aliphatic rings. The Kier molecular flexibility index (Phi) is 4.25. The summed E-state index contributed by atoms with van der Waals surface area (Å²) in [7, 11) is 0. The Morgan fingerprint density at radius 1 is 1.41 bits per heavy atom. The number of dihydropyridines is 1. The highest BCUT2D eigenvalue weighted by atomic mass is 19.1. The highest BCUT2D eigenvalue weighted by Crippen LogP contribution is 2.37. The molecule has 0 aromatic heterocycles. The molecular formula is C17H16FN3O. The van der Waals surface area contributed by atoms with Crippen LogP contribution in [-0.4, -0.2) is 11.6 Å². The van der Waals surface area contributed by atoms with Crippen molar-refractivity contribution >= 4 is 17.3 Å². The van der Waals surface area contributed by atoms with Gasteiger partial charge in [-0.2, -0.15) is 10.3 Å². The van der Waals surface area contributed by atoms with Gasteiger partial charge in [-0.3, -0.25) is 0 Å². The maximum Gasteiger partial charge on any atom is 0.240 e. The monoisotopic (exact) mass is 297 g/mol. The summed E-state index contributed by atoms with van der Waals surface area (Å²) in [5.74, 6) is -0.412. The second kappa shape index (κ2) is 5.97. The van der Waals surface area contributed by atoms with Crippen LogP contribution >= 0.6 is 0 Å². The van der Waals surface area contributed by atoms with Gasteiger partial charge in [0.25, 0.3) is 0 Å². The molecule has 1 atom stereocenters. The molecule has 1 aromatic rings. The average molecular weight is 297 g/mol. The lowest BCUT2D eigenvalue weighted by Gasteiger charge is -2.24. The summed E-state index contributed by atoms with van der Waals surface area (Å²) in [5.41, 5.74) is 1.25. The molecule has 0 bridgehead atoms. The smallest absolute Gasteiger partial charge is 0.240 e. The number of hydrogen-bond acceptors (Lipinski definition) is 4. The third-order valence-corrected chi connectivity index (χ3v) is 3.52. The fourth-order valence-electron chi connectivity index (χ4n) is 2.39. The first-order valence-corrected chi connectivity index (χ1v) is 6.90. The maximum atomic E-state index is 14.0. The first-order chi connectivity index (χ1) is 10.4. The van der Waals surface area contributed by atoms with Gasteiger partial charge in [0.05, 0.1) is 11.8 Å². The SMILES string of the molecule is CC(C)c1cc(F)cc(C2=CC(C)(C#N)NC=C2)c1N=C=O. The zero-order valence-electron chi connectivity index (χ0n) is 12.6. The number of carbonyl (C=O) groups excluding carboxylic acids is 1. The molecule has 5 heteroatoms. The first kappa shape index (κ1) is 15.7. The van der Waals surface area contributed by atoms with Gasteiger partial charge in [0, 0.05) is 5.56 Å². The maximum absolute atomic E-state index is 14.0. The lowest BCUT2D eigenvalue weighted by Crippen LogP contribution is -2.36. The summed E-state index contributed by atoms with van der Waals surface area (Å²) in [4.78, 5) is 14.5. The van der Waals surface area contributed by atoms with E-state index in [-0.39, 0.29) is 5.92 Å². The fraction of sp³-hybridized carbons (Fsp3) is 0.294. The highest BCUT2D eigenvalue weighted by Gasteiger charge is 2.24. The van der Waals surface area contributed by atoms with Crippen molar-refractivity contribution in [2.45, 2.75) is 32.2 Å². The predicted octanol–water partition coefficient (Wildman–Crippen LogP) is 3.70. The minimum Gasteiger partial charge on any atom is -0.370 e. The molecule has 2 rings (SSSR count). The zero-order chi connectivity index (χ0) is 16.3. The fourth-order valence-corrected chi connectivity index (χ4v) is 2.39. The molecule has 0 saturated heterocycles. The molecule has 0 saturated carbocycles. The van der Waals surface area contributed by atoms with Gasteiger partial charge in [-0.1, -0.05) is 13.8 Å². The van der Waals surface area contributed by atoms with E-state index in [2.05, 4.69) is 16.4 Å². The van der Waals surface area contributed by atoms with E-state index < -0.39 is 11.4 Å². The van der Waals surface area contributed by atoms with Gasteiger partial charge in [-0.05, 0) is 54.5 Å². The van der Waals surface area contributed by atoms with Crippen LogP contribution in [0, 0.1) is 17.1 Å². The van der Waals surface area contributed by atoms with Gasteiger partial charge in [0.15, 0.2) is 0 Å². The molecule has 1 N–H and O–H groups in total. The first-order valence-electron chi connectivity index (χ1n) is 6.90. The number of nitrogens with zero attached hydrogens (tertiary/aromatic N) is 2. The summed E-state index contributed by atoms with van der Waals surface area (Å²) in [5, 5.41) is 12.2. The molecule has 112 valence electrons.